The minimum atomic E-state index is -0.937. The molecular weight excluding hydrogens is 422 g/mol. The van der Waals surface area contributed by atoms with E-state index in [0.29, 0.717) is 28.3 Å². The third-order valence-corrected chi connectivity index (χ3v) is 5.89. The maximum Gasteiger partial charge on any atom is 0.408 e. The fourth-order valence-electron chi connectivity index (χ4n) is 4.16. The Morgan fingerprint density at radius 3 is 2.77 bits per heavy atom. The molecule has 1 saturated heterocycles. The third-order valence-electron chi connectivity index (χ3n) is 5.62. The Morgan fingerprint density at radius 1 is 1.45 bits per heavy atom. The predicted octanol–water partition coefficient (Wildman–Crippen LogP) is 3.94. The van der Waals surface area contributed by atoms with Crippen LogP contribution < -0.4 is 10.2 Å². The van der Waals surface area contributed by atoms with Gasteiger partial charge >= 0.3 is 6.09 Å². The molecule has 2 amide bonds. The number of nitrogens with zero attached hydrogens (tertiary/aromatic N) is 3. The summed E-state index contributed by atoms with van der Waals surface area (Å²) in [6, 6.07) is -0.184. The molecule has 0 bridgehead atoms. The highest BCUT2D eigenvalue weighted by Crippen LogP contribution is 2.39. The van der Waals surface area contributed by atoms with Gasteiger partial charge in [0.15, 0.2) is 0 Å². The molecule has 2 aromatic heterocycles. The minimum Gasteiger partial charge on any atom is -0.465 e. The van der Waals surface area contributed by atoms with Gasteiger partial charge in [-0.3, -0.25) is 9.69 Å². The zero-order valence-electron chi connectivity index (χ0n) is 18.5. The summed E-state index contributed by atoms with van der Waals surface area (Å²) in [4.78, 5) is 35.4. The first-order valence-corrected chi connectivity index (χ1v) is 10.7. The number of carbonyl (C=O) groups is 2. The molecule has 0 unspecified atom stereocenters. The molecule has 10 heteroatoms. The second kappa shape index (κ2) is 8.92. The fourth-order valence-corrected chi connectivity index (χ4v) is 4.43. The van der Waals surface area contributed by atoms with E-state index < -0.39 is 17.7 Å². The molecule has 1 aliphatic heterocycles. The van der Waals surface area contributed by atoms with Crippen LogP contribution in [-0.4, -0.2) is 69.9 Å². The smallest absolute Gasteiger partial charge is 0.408 e. The van der Waals surface area contributed by atoms with Crippen molar-refractivity contribution < 1.29 is 19.4 Å². The molecule has 2 aromatic rings. The minimum absolute atomic E-state index is 0.184. The van der Waals surface area contributed by atoms with Gasteiger partial charge < -0.3 is 25.0 Å². The van der Waals surface area contributed by atoms with Crippen molar-refractivity contribution in [3.63, 3.8) is 0 Å². The van der Waals surface area contributed by atoms with Crippen LogP contribution in [0.15, 0.2) is 12.4 Å². The van der Waals surface area contributed by atoms with Gasteiger partial charge in [0, 0.05) is 31.9 Å². The Morgan fingerprint density at radius 2 is 2.16 bits per heavy atom. The van der Waals surface area contributed by atoms with E-state index in [0.717, 1.165) is 25.1 Å². The Labute approximate surface area is 186 Å². The number of hydrogen-bond donors (Lipinski definition) is 3. The van der Waals surface area contributed by atoms with E-state index in [9.17, 15) is 14.7 Å². The van der Waals surface area contributed by atoms with Gasteiger partial charge in [0.2, 0.25) is 0 Å². The molecule has 1 fully saturated rings. The van der Waals surface area contributed by atoms with Crippen molar-refractivity contribution in [3.8, 4) is 0 Å². The topological polar surface area (TPSA) is 111 Å². The van der Waals surface area contributed by atoms with E-state index in [1.54, 1.807) is 19.3 Å². The molecule has 0 aliphatic carbocycles. The van der Waals surface area contributed by atoms with Crippen LogP contribution >= 0.6 is 11.6 Å². The quantitative estimate of drug-likeness (QED) is 0.635. The number of methoxy groups -OCH3 is 1. The van der Waals surface area contributed by atoms with Gasteiger partial charge in [-0.2, -0.15) is 0 Å². The van der Waals surface area contributed by atoms with Crippen LogP contribution in [0, 0.1) is 0 Å². The first kappa shape index (κ1) is 23.1. The molecule has 170 valence electrons. The SMILES string of the molecule is CO[C@@H](C)C(=O)Nc1c[nH]c2ncc(Cl)c(N3CCC[C@@H](N(C(=O)O)C(C)(C)C)C3)c12. The Hall–Kier alpha value is -2.52. The third kappa shape index (κ3) is 4.72. The van der Waals surface area contributed by atoms with E-state index >= 15 is 0 Å². The lowest BCUT2D eigenvalue weighted by atomic mass is 9.97. The lowest BCUT2D eigenvalue weighted by molar-refractivity contribution is -0.124. The molecule has 9 nitrogen and oxygen atoms in total. The molecule has 0 aromatic carbocycles. The number of carbonyl (C=O) groups excluding carboxylic acids is 1. The number of H-pyrrole nitrogens is 1. The van der Waals surface area contributed by atoms with Gasteiger partial charge in [-0.05, 0) is 40.5 Å². The molecule has 3 rings (SSSR count). The number of nitrogens with one attached hydrogen (secondary N) is 2. The highest BCUT2D eigenvalue weighted by Gasteiger charge is 2.36. The largest absolute Gasteiger partial charge is 0.465 e. The van der Waals surface area contributed by atoms with Crippen molar-refractivity contribution in [1.29, 1.82) is 0 Å². The van der Waals surface area contributed by atoms with E-state index in [-0.39, 0.29) is 11.9 Å². The van der Waals surface area contributed by atoms with Gasteiger partial charge in [-0.25, -0.2) is 9.78 Å². The number of ether oxygens (including phenoxy) is 1. The van der Waals surface area contributed by atoms with E-state index in [4.69, 9.17) is 16.3 Å². The molecule has 31 heavy (non-hydrogen) atoms. The van der Waals surface area contributed by atoms with Gasteiger partial charge in [0.25, 0.3) is 5.91 Å². The molecule has 0 spiro atoms. The van der Waals surface area contributed by atoms with Gasteiger partial charge in [-0.15, -0.1) is 0 Å². The van der Waals surface area contributed by atoms with Gasteiger partial charge in [-0.1, -0.05) is 11.6 Å². The maximum absolute atomic E-state index is 12.4. The summed E-state index contributed by atoms with van der Waals surface area (Å²) in [5, 5.41) is 13.9. The summed E-state index contributed by atoms with van der Waals surface area (Å²) >= 11 is 6.59. The number of aromatic amines is 1. The lowest BCUT2D eigenvalue weighted by Crippen LogP contribution is -2.56. The summed E-state index contributed by atoms with van der Waals surface area (Å²) in [6.07, 6.45) is 3.29. The summed E-state index contributed by atoms with van der Waals surface area (Å²) in [7, 11) is 1.47. The first-order valence-electron chi connectivity index (χ1n) is 10.3. The summed E-state index contributed by atoms with van der Waals surface area (Å²) in [6.45, 7) is 8.57. The first-order chi connectivity index (χ1) is 14.5. The number of piperidine rings is 1. The number of halogens is 1. The highest BCUT2D eigenvalue weighted by atomic mass is 35.5. The van der Waals surface area contributed by atoms with Crippen molar-refractivity contribution in [2.24, 2.45) is 0 Å². The monoisotopic (exact) mass is 451 g/mol. The van der Waals surface area contributed by atoms with Crippen LogP contribution in [0.2, 0.25) is 5.02 Å². The number of pyridine rings is 1. The van der Waals surface area contributed by atoms with E-state index in [1.165, 1.54) is 12.0 Å². The van der Waals surface area contributed by atoms with Crippen LogP contribution in [0.5, 0.6) is 0 Å². The Balaban J connectivity index is 2.00. The maximum atomic E-state index is 12.4. The van der Waals surface area contributed by atoms with Crippen LogP contribution in [0.1, 0.15) is 40.5 Å². The molecule has 0 saturated carbocycles. The number of hydrogen-bond acceptors (Lipinski definition) is 5. The standard InChI is InChI=1S/C21H30ClN5O4/c1-12(31-5)19(28)25-15-10-24-18-16(15)17(14(22)9-23-18)26-8-6-7-13(11-26)27(20(29)30)21(2,3)4/h9-10,12-13H,6-8,11H2,1-5H3,(H,23,24)(H,25,28)(H,29,30)/t12-,13+/m0/s1. The number of carboxylic acid groups (broad SMARTS) is 1. The molecule has 3 N–H and O–H groups in total. The molecule has 0 radical (unpaired) electrons. The average Bonchev–Trinajstić information content (AvgIpc) is 3.08. The van der Waals surface area contributed by atoms with Crippen molar-refractivity contribution in [3.05, 3.63) is 17.4 Å². The average molecular weight is 452 g/mol. The summed E-state index contributed by atoms with van der Waals surface area (Å²) in [5.74, 6) is -0.282. The van der Waals surface area contributed by atoms with Crippen molar-refractivity contribution in [2.75, 3.05) is 30.4 Å². The van der Waals surface area contributed by atoms with E-state index in [2.05, 4.69) is 20.2 Å². The van der Waals surface area contributed by atoms with Crippen LogP contribution in [0.25, 0.3) is 11.0 Å². The van der Waals surface area contributed by atoms with Crippen molar-refractivity contribution in [2.45, 2.75) is 58.2 Å². The van der Waals surface area contributed by atoms with Gasteiger partial charge in [0.1, 0.15) is 11.8 Å². The molecular formula is C21H30ClN5O4. The Kier molecular flexibility index (Phi) is 6.66. The predicted molar refractivity (Wildman–Crippen MR) is 121 cm³/mol. The Bertz CT molecular complexity index is 971. The second-order valence-electron chi connectivity index (χ2n) is 8.81. The number of rotatable bonds is 5. The molecule has 3 heterocycles. The second-order valence-corrected chi connectivity index (χ2v) is 9.22. The van der Waals surface area contributed by atoms with Crippen LogP contribution in [0.3, 0.4) is 0 Å². The zero-order chi connectivity index (χ0) is 22.9. The van der Waals surface area contributed by atoms with Crippen LogP contribution in [0.4, 0.5) is 16.2 Å². The fraction of sp³-hybridized carbons (Fsp3) is 0.571. The van der Waals surface area contributed by atoms with Crippen LogP contribution in [-0.2, 0) is 9.53 Å². The number of amides is 2. The number of anilines is 2. The number of aromatic nitrogens is 2. The lowest BCUT2D eigenvalue weighted by Gasteiger charge is -2.45. The normalized spacial score (nSPS) is 18.1. The highest BCUT2D eigenvalue weighted by molar-refractivity contribution is 6.35. The zero-order valence-corrected chi connectivity index (χ0v) is 19.3. The van der Waals surface area contributed by atoms with E-state index in [1.807, 2.05) is 20.8 Å². The van der Waals surface area contributed by atoms with Gasteiger partial charge in [0.05, 0.1) is 34.0 Å². The van der Waals surface area contributed by atoms with Crippen molar-refractivity contribution in [1.82, 2.24) is 14.9 Å². The van der Waals surface area contributed by atoms with Crippen molar-refractivity contribution >= 4 is 46.0 Å². The summed E-state index contributed by atoms with van der Waals surface area (Å²) < 4.78 is 5.10. The molecule has 2 atom stereocenters. The summed E-state index contributed by atoms with van der Waals surface area (Å²) in [5.41, 5.74) is 1.35. The number of fused-ring (bicyclic) bond motifs is 1. The molecule has 1 aliphatic rings.